The molecule has 0 radical (unpaired) electrons. The van der Waals surface area contributed by atoms with Crippen molar-refractivity contribution in [3.8, 4) is 6.07 Å². The number of rotatable bonds is 2. The Morgan fingerprint density at radius 3 is 2.50 bits per heavy atom. The lowest BCUT2D eigenvalue weighted by Crippen LogP contribution is -2.34. The maximum Gasteiger partial charge on any atom is 0.332 e. The Morgan fingerprint density at radius 2 is 1.94 bits per heavy atom. The van der Waals surface area contributed by atoms with Gasteiger partial charge in [0.2, 0.25) is 0 Å². The molecule has 0 bridgehead atoms. The van der Waals surface area contributed by atoms with E-state index in [1.165, 1.54) is 4.90 Å². The quantitative estimate of drug-likeness (QED) is 0.606. The molecule has 2 rings (SSSR count). The van der Waals surface area contributed by atoms with E-state index in [9.17, 15) is 9.59 Å². The highest BCUT2D eigenvalue weighted by Gasteiger charge is 2.43. The van der Waals surface area contributed by atoms with E-state index >= 15 is 0 Å². The van der Waals surface area contributed by atoms with E-state index in [0.717, 1.165) is 4.90 Å². The van der Waals surface area contributed by atoms with Crippen LogP contribution >= 0.6 is 11.6 Å². The fourth-order valence-electron chi connectivity index (χ4n) is 1.88. The molecule has 1 fully saturated rings. The minimum absolute atomic E-state index is 0.230. The fraction of sp³-hybridized carbons (Fsp3) is 0.250. The predicted octanol–water partition coefficient (Wildman–Crippen LogP) is 2.02. The molecule has 92 valence electrons. The van der Waals surface area contributed by atoms with Crippen LogP contribution in [0.5, 0.6) is 0 Å². The number of imide groups is 1. The summed E-state index contributed by atoms with van der Waals surface area (Å²) in [5.41, 5.74) is 0.589. The van der Waals surface area contributed by atoms with Crippen LogP contribution in [-0.4, -0.2) is 29.4 Å². The molecular weight excluding hydrogens is 254 g/mol. The van der Waals surface area contributed by atoms with Gasteiger partial charge in [-0.1, -0.05) is 11.6 Å². The van der Waals surface area contributed by atoms with Gasteiger partial charge in [0.25, 0.3) is 5.91 Å². The Morgan fingerprint density at radius 1 is 1.33 bits per heavy atom. The topological polar surface area (TPSA) is 64.4 Å². The summed E-state index contributed by atoms with van der Waals surface area (Å²) in [6, 6.07) is 7.36. The van der Waals surface area contributed by atoms with Crippen LogP contribution < -0.4 is 4.90 Å². The highest BCUT2D eigenvalue weighted by molar-refractivity contribution is 6.30. The van der Waals surface area contributed by atoms with Gasteiger partial charge in [-0.05, 0) is 31.2 Å². The zero-order valence-corrected chi connectivity index (χ0v) is 10.4. The molecule has 0 saturated carbocycles. The molecule has 0 aliphatic carbocycles. The van der Waals surface area contributed by atoms with Crippen LogP contribution in [0.2, 0.25) is 5.02 Å². The molecule has 0 N–H and O–H groups in total. The fourth-order valence-corrected chi connectivity index (χ4v) is 2.00. The molecule has 1 aliphatic rings. The standard InChI is InChI=1S/C12H10ClN3O2/c1-8-11(17)15(7-6-14)12(18)16(8)10-4-2-9(13)3-5-10/h2-5,8H,7H2,1H3. The van der Waals surface area contributed by atoms with Crippen LogP contribution in [-0.2, 0) is 4.79 Å². The first kappa shape index (κ1) is 12.4. The minimum atomic E-state index is -0.605. The monoisotopic (exact) mass is 263 g/mol. The number of benzene rings is 1. The van der Waals surface area contributed by atoms with Gasteiger partial charge in [-0.2, -0.15) is 5.26 Å². The zero-order valence-electron chi connectivity index (χ0n) is 9.63. The highest BCUT2D eigenvalue weighted by Crippen LogP contribution is 2.26. The van der Waals surface area contributed by atoms with Crippen molar-refractivity contribution in [1.82, 2.24) is 4.90 Å². The molecule has 1 atom stereocenters. The van der Waals surface area contributed by atoms with E-state index in [-0.39, 0.29) is 12.5 Å². The van der Waals surface area contributed by atoms with Crippen LogP contribution in [0.25, 0.3) is 0 Å². The van der Waals surface area contributed by atoms with Crippen molar-refractivity contribution in [1.29, 1.82) is 5.26 Å². The number of halogens is 1. The molecule has 5 nitrogen and oxygen atoms in total. The summed E-state index contributed by atoms with van der Waals surface area (Å²) in [5, 5.41) is 9.16. The number of nitriles is 1. The summed E-state index contributed by atoms with van der Waals surface area (Å²) in [7, 11) is 0. The number of hydrogen-bond donors (Lipinski definition) is 0. The Labute approximate surface area is 109 Å². The van der Waals surface area contributed by atoms with Crippen LogP contribution in [0.4, 0.5) is 10.5 Å². The van der Waals surface area contributed by atoms with E-state index in [4.69, 9.17) is 16.9 Å². The number of anilines is 1. The van der Waals surface area contributed by atoms with Crippen molar-refractivity contribution < 1.29 is 9.59 Å². The second kappa shape index (κ2) is 4.67. The molecule has 0 aromatic heterocycles. The smallest absolute Gasteiger partial charge is 0.282 e. The lowest BCUT2D eigenvalue weighted by molar-refractivity contribution is -0.126. The molecule has 18 heavy (non-hydrogen) atoms. The van der Waals surface area contributed by atoms with Gasteiger partial charge in [0.1, 0.15) is 12.6 Å². The second-order valence-corrected chi connectivity index (χ2v) is 4.32. The largest absolute Gasteiger partial charge is 0.332 e. The summed E-state index contributed by atoms with van der Waals surface area (Å²) in [5.74, 6) is -0.364. The Balaban J connectivity index is 2.34. The molecule has 1 aromatic carbocycles. The van der Waals surface area contributed by atoms with E-state index in [1.807, 2.05) is 6.07 Å². The summed E-state index contributed by atoms with van der Waals surface area (Å²) in [6.45, 7) is 1.40. The molecule has 6 heteroatoms. The van der Waals surface area contributed by atoms with Crippen molar-refractivity contribution >= 4 is 29.2 Å². The zero-order chi connectivity index (χ0) is 13.3. The molecule has 1 heterocycles. The molecule has 1 aliphatic heterocycles. The summed E-state index contributed by atoms with van der Waals surface area (Å²) in [4.78, 5) is 26.2. The van der Waals surface area contributed by atoms with Crippen molar-refractivity contribution in [2.24, 2.45) is 0 Å². The minimum Gasteiger partial charge on any atom is -0.282 e. The third kappa shape index (κ3) is 1.91. The van der Waals surface area contributed by atoms with E-state index in [0.29, 0.717) is 10.7 Å². The summed E-state index contributed by atoms with van der Waals surface area (Å²) in [6.07, 6.45) is 0. The maximum absolute atomic E-state index is 12.0. The van der Waals surface area contributed by atoms with Crippen LogP contribution in [0.1, 0.15) is 6.92 Å². The van der Waals surface area contributed by atoms with E-state index in [2.05, 4.69) is 0 Å². The van der Waals surface area contributed by atoms with Crippen LogP contribution in [0.15, 0.2) is 24.3 Å². The molecular formula is C12H10ClN3O2. The molecule has 3 amide bonds. The van der Waals surface area contributed by atoms with Gasteiger partial charge in [-0.25, -0.2) is 9.69 Å². The summed E-state index contributed by atoms with van der Waals surface area (Å²) < 4.78 is 0. The lowest BCUT2D eigenvalue weighted by atomic mass is 10.2. The van der Waals surface area contributed by atoms with Gasteiger partial charge >= 0.3 is 6.03 Å². The van der Waals surface area contributed by atoms with Gasteiger partial charge in [-0.15, -0.1) is 0 Å². The molecule has 1 saturated heterocycles. The van der Waals surface area contributed by atoms with Gasteiger partial charge in [0.15, 0.2) is 0 Å². The van der Waals surface area contributed by atoms with Crippen molar-refractivity contribution in [2.45, 2.75) is 13.0 Å². The SMILES string of the molecule is CC1C(=O)N(CC#N)C(=O)N1c1ccc(Cl)cc1. The first-order chi connectivity index (χ1) is 8.56. The van der Waals surface area contributed by atoms with E-state index in [1.54, 1.807) is 31.2 Å². The van der Waals surface area contributed by atoms with Gasteiger partial charge in [0, 0.05) is 10.7 Å². The van der Waals surface area contributed by atoms with E-state index < -0.39 is 12.1 Å². The van der Waals surface area contributed by atoms with Gasteiger partial charge in [0.05, 0.1) is 6.07 Å². The van der Waals surface area contributed by atoms with Crippen molar-refractivity contribution in [3.63, 3.8) is 0 Å². The first-order valence-corrected chi connectivity index (χ1v) is 5.71. The molecule has 1 aromatic rings. The number of carbonyl (C=O) groups is 2. The average Bonchev–Trinajstić information content (AvgIpc) is 2.56. The van der Waals surface area contributed by atoms with Gasteiger partial charge < -0.3 is 0 Å². The number of urea groups is 1. The van der Waals surface area contributed by atoms with Crippen molar-refractivity contribution in [2.75, 3.05) is 11.4 Å². The third-order valence-electron chi connectivity index (χ3n) is 2.78. The number of hydrogen-bond acceptors (Lipinski definition) is 3. The highest BCUT2D eigenvalue weighted by atomic mass is 35.5. The normalized spacial score (nSPS) is 19.3. The maximum atomic E-state index is 12.0. The average molecular weight is 264 g/mol. The number of carbonyl (C=O) groups excluding carboxylic acids is 2. The Hall–Kier alpha value is -2.06. The van der Waals surface area contributed by atoms with Crippen LogP contribution in [0.3, 0.4) is 0 Å². The molecule has 1 unspecified atom stereocenters. The lowest BCUT2D eigenvalue weighted by Gasteiger charge is -2.18. The Bertz CT molecular complexity index is 535. The number of amides is 3. The predicted molar refractivity (Wildman–Crippen MR) is 66.1 cm³/mol. The Kier molecular flexibility index (Phi) is 3.21. The third-order valence-corrected chi connectivity index (χ3v) is 3.03. The summed E-state index contributed by atoms with van der Waals surface area (Å²) >= 11 is 5.77. The van der Waals surface area contributed by atoms with Gasteiger partial charge in [-0.3, -0.25) is 9.69 Å². The number of nitrogens with zero attached hydrogens (tertiary/aromatic N) is 3. The molecule has 0 spiro atoms. The second-order valence-electron chi connectivity index (χ2n) is 3.89. The van der Waals surface area contributed by atoms with Crippen LogP contribution in [0, 0.1) is 11.3 Å². The first-order valence-electron chi connectivity index (χ1n) is 5.33. The van der Waals surface area contributed by atoms with Crippen molar-refractivity contribution in [3.05, 3.63) is 29.3 Å².